The van der Waals surface area contributed by atoms with Gasteiger partial charge in [-0.3, -0.25) is 9.59 Å². The van der Waals surface area contributed by atoms with Crippen LogP contribution in [0, 0.1) is 5.41 Å². The van der Waals surface area contributed by atoms with E-state index in [1.807, 2.05) is 0 Å². The summed E-state index contributed by atoms with van der Waals surface area (Å²) in [6.45, 7) is 5.79. The van der Waals surface area contributed by atoms with Crippen LogP contribution < -0.4 is 4.74 Å². The molecule has 2 aromatic rings. The SMILES string of the molecule is CC(C)(C)C(=O)C(Oc1ccc(Cl)cc1)(c1ncc[nH]1)[N+]1(CO)C(=O)N(CO)C(=O)C1(C)C. The van der Waals surface area contributed by atoms with Crippen LogP contribution >= 0.6 is 11.6 Å². The standard InChI is InChI=1S/C22H28ClN4O6/c1-20(2,3)16(30)22(17-24-10-11-25-17,33-15-8-6-14(23)7-9-15)27(13-29)19(32)26(12-28)18(31)21(27,4)5/h6-11,28-29H,12-13H2,1-5H3,(H,24,25)/q+1. The Kier molecular flexibility index (Phi) is 6.18. The summed E-state index contributed by atoms with van der Waals surface area (Å²) >= 11 is 6.01. The Bertz CT molecular complexity index is 1060. The molecular weight excluding hydrogens is 452 g/mol. The number of benzene rings is 1. The summed E-state index contributed by atoms with van der Waals surface area (Å²) in [5.74, 6) is -1.33. The van der Waals surface area contributed by atoms with Crippen molar-refractivity contribution in [3.05, 3.63) is 47.5 Å². The predicted octanol–water partition coefficient (Wildman–Crippen LogP) is 2.37. The van der Waals surface area contributed by atoms with E-state index in [0.29, 0.717) is 9.92 Å². The molecule has 33 heavy (non-hydrogen) atoms. The average molecular weight is 480 g/mol. The molecule has 0 spiro atoms. The van der Waals surface area contributed by atoms with Gasteiger partial charge >= 0.3 is 11.8 Å². The van der Waals surface area contributed by atoms with Crippen LogP contribution in [0.25, 0.3) is 0 Å². The Morgan fingerprint density at radius 1 is 1.21 bits per heavy atom. The summed E-state index contributed by atoms with van der Waals surface area (Å²) in [4.78, 5) is 49.0. The molecule has 1 saturated heterocycles. The molecule has 2 heterocycles. The van der Waals surface area contributed by atoms with Gasteiger partial charge in [0.2, 0.25) is 11.6 Å². The number of aromatic amines is 1. The lowest BCUT2D eigenvalue weighted by Gasteiger charge is -2.50. The van der Waals surface area contributed by atoms with E-state index >= 15 is 0 Å². The van der Waals surface area contributed by atoms with Crippen molar-refractivity contribution in [2.75, 3.05) is 13.5 Å². The number of aliphatic hydroxyl groups excluding tert-OH is 2. The van der Waals surface area contributed by atoms with Crippen LogP contribution in [0.1, 0.15) is 40.4 Å². The normalized spacial score (nSPS) is 22.4. The molecule has 0 saturated carbocycles. The Morgan fingerprint density at radius 3 is 2.24 bits per heavy atom. The zero-order valence-electron chi connectivity index (χ0n) is 19.1. The number of quaternary nitrogens is 1. The molecule has 0 aliphatic carbocycles. The second kappa shape index (κ2) is 8.21. The molecular formula is C22H28ClN4O6+. The summed E-state index contributed by atoms with van der Waals surface area (Å²) < 4.78 is 5.14. The smallest absolute Gasteiger partial charge is 0.427 e. The number of amides is 3. The van der Waals surface area contributed by atoms with Crippen molar-refractivity contribution in [3.8, 4) is 5.75 Å². The van der Waals surface area contributed by atoms with Gasteiger partial charge in [-0.05, 0) is 24.3 Å². The Balaban J connectivity index is 2.48. The molecule has 11 heteroatoms. The Morgan fingerprint density at radius 2 is 1.82 bits per heavy atom. The van der Waals surface area contributed by atoms with E-state index in [2.05, 4.69) is 9.97 Å². The number of hydrogen-bond donors (Lipinski definition) is 3. The summed E-state index contributed by atoms with van der Waals surface area (Å²) in [5.41, 5.74) is -5.18. The lowest BCUT2D eigenvalue weighted by atomic mass is 9.80. The number of Topliss-reactive ketones (excluding diaryl/α,β-unsaturated/α-hetero) is 1. The molecule has 2 unspecified atom stereocenters. The van der Waals surface area contributed by atoms with Gasteiger partial charge in [0.25, 0.3) is 5.91 Å². The van der Waals surface area contributed by atoms with E-state index in [1.165, 1.54) is 50.5 Å². The van der Waals surface area contributed by atoms with Crippen LogP contribution in [-0.2, 0) is 15.3 Å². The third-order valence-corrected chi connectivity index (χ3v) is 6.31. The predicted molar refractivity (Wildman–Crippen MR) is 118 cm³/mol. The van der Waals surface area contributed by atoms with E-state index in [1.54, 1.807) is 20.8 Å². The van der Waals surface area contributed by atoms with Gasteiger partial charge in [-0.2, -0.15) is 4.48 Å². The monoisotopic (exact) mass is 479 g/mol. The maximum absolute atomic E-state index is 14.3. The minimum Gasteiger partial charge on any atom is -0.427 e. The lowest BCUT2D eigenvalue weighted by Crippen LogP contribution is -2.78. The average Bonchev–Trinajstić information content (AvgIpc) is 3.33. The Labute approximate surface area is 196 Å². The Hall–Kier alpha value is -2.79. The highest BCUT2D eigenvalue weighted by Gasteiger charge is 2.80. The van der Waals surface area contributed by atoms with Crippen LogP contribution in [0.3, 0.4) is 0 Å². The van der Waals surface area contributed by atoms with Crippen LogP contribution in [0.4, 0.5) is 4.79 Å². The molecule has 10 nitrogen and oxygen atoms in total. The molecule has 1 aromatic carbocycles. The molecule has 0 bridgehead atoms. The number of imidazole rings is 1. The van der Waals surface area contributed by atoms with E-state index in [4.69, 9.17) is 16.3 Å². The number of nitrogens with zero attached hydrogens (tertiary/aromatic N) is 3. The number of ketones is 1. The van der Waals surface area contributed by atoms with E-state index < -0.39 is 52.3 Å². The number of carbonyl (C=O) groups excluding carboxylic acids is 3. The highest BCUT2D eigenvalue weighted by Crippen LogP contribution is 2.51. The van der Waals surface area contributed by atoms with Crippen molar-refractivity contribution in [2.45, 2.75) is 45.9 Å². The second-order valence-corrected chi connectivity index (χ2v) is 9.82. The molecule has 1 aliphatic rings. The van der Waals surface area contributed by atoms with Crippen molar-refractivity contribution < 1.29 is 33.8 Å². The van der Waals surface area contributed by atoms with E-state index in [9.17, 15) is 24.6 Å². The number of carbonyl (C=O) groups is 3. The highest BCUT2D eigenvalue weighted by molar-refractivity contribution is 6.30. The number of imide groups is 1. The molecule has 1 aliphatic heterocycles. The van der Waals surface area contributed by atoms with Crippen LogP contribution in [0.15, 0.2) is 36.7 Å². The van der Waals surface area contributed by atoms with Gasteiger partial charge in [-0.15, -0.1) is 0 Å². The molecule has 1 fully saturated rings. The largest absolute Gasteiger partial charge is 0.434 e. The molecule has 1 aromatic heterocycles. The third kappa shape index (κ3) is 3.36. The number of nitrogens with one attached hydrogen (secondary N) is 1. The molecule has 3 amide bonds. The number of rotatable bonds is 7. The van der Waals surface area contributed by atoms with Gasteiger partial charge < -0.3 is 19.9 Å². The fourth-order valence-corrected chi connectivity index (χ4v) is 4.41. The number of H-pyrrole nitrogens is 1. The molecule has 2 atom stereocenters. The van der Waals surface area contributed by atoms with E-state index in [-0.39, 0.29) is 11.6 Å². The van der Waals surface area contributed by atoms with Crippen LogP contribution in [0.2, 0.25) is 5.02 Å². The quantitative estimate of drug-likeness (QED) is 0.410. The zero-order valence-corrected chi connectivity index (χ0v) is 19.9. The zero-order chi connectivity index (χ0) is 24.8. The third-order valence-electron chi connectivity index (χ3n) is 6.06. The minimum absolute atomic E-state index is 0.0829. The van der Waals surface area contributed by atoms with E-state index in [0.717, 1.165) is 0 Å². The number of aliphatic hydroxyl groups is 2. The van der Waals surface area contributed by atoms with Gasteiger partial charge in [-0.1, -0.05) is 32.4 Å². The lowest BCUT2D eigenvalue weighted by molar-refractivity contribution is -0.967. The highest BCUT2D eigenvalue weighted by atomic mass is 35.5. The fraction of sp³-hybridized carbons (Fsp3) is 0.455. The number of hydrogen-bond acceptors (Lipinski definition) is 7. The van der Waals surface area contributed by atoms with Gasteiger partial charge in [0, 0.05) is 36.7 Å². The molecule has 0 radical (unpaired) electrons. The summed E-state index contributed by atoms with van der Waals surface area (Å²) in [6.07, 6.45) is 2.82. The number of urea groups is 1. The van der Waals surface area contributed by atoms with Crippen molar-refractivity contribution in [1.29, 1.82) is 0 Å². The van der Waals surface area contributed by atoms with Gasteiger partial charge in [0.05, 0.1) is 0 Å². The second-order valence-electron chi connectivity index (χ2n) is 9.38. The van der Waals surface area contributed by atoms with Crippen molar-refractivity contribution in [3.63, 3.8) is 0 Å². The van der Waals surface area contributed by atoms with Gasteiger partial charge in [0.1, 0.15) is 12.5 Å². The van der Waals surface area contributed by atoms with Gasteiger partial charge in [0.15, 0.2) is 12.3 Å². The first kappa shape index (κ1) is 24.8. The first-order valence-corrected chi connectivity index (χ1v) is 10.6. The molecule has 178 valence electrons. The summed E-state index contributed by atoms with van der Waals surface area (Å²) in [5, 5.41) is 21.0. The maximum Gasteiger partial charge on any atom is 0.434 e. The number of ether oxygens (including phenoxy) is 1. The van der Waals surface area contributed by atoms with Crippen molar-refractivity contribution in [2.24, 2.45) is 5.41 Å². The number of aromatic nitrogens is 2. The van der Waals surface area contributed by atoms with Crippen LogP contribution in [0.5, 0.6) is 5.75 Å². The summed E-state index contributed by atoms with van der Waals surface area (Å²) in [6, 6.07) is 5.08. The van der Waals surface area contributed by atoms with Gasteiger partial charge in [-0.25, -0.2) is 14.7 Å². The first-order valence-electron chi connectivity index (χ1n) is 10.3. The van der Waals surface area contributed by atoms with Crippen LogP contribution in [-0.4, -0.2) is 66.3 Å². The van der Waals surface area contributed by atoms with Crippen molar-refractivity contribution in [1.82, 2.24) is 14.9 Å². The summed E-state index contributed by atoms with van der Waals surface area (Å²) in [7, 11) is 0. The number of halogens is 1. The van der Waals surface area contributed by atoms with Crippen molar-refractivity contribution >= 4 is 29.3 Å². The molecule has 3 N–H and O–H groups in total. The first-order chi connectivity index (χ1) is 15.3. The minimum atomic E-state index is -2.33. The maximum atomic E-state index is 14.3. The topological polar surface area (TPSA) is 133 Å². The fourth-order valence-electron chi connectivity index (χ4n) is 4.28. The molecule has 3 rings (SSSR count).